The minimum Gasteiger partial charge on any atom is -0.389 e. The SMILES string of the molecule is O=C1CC[C@@H](c2c(F)cc(N3CC(O)C3)cc2F)C(=O)N1. The molecule has 0 radical (unpaired) electrons. The number of nitrogens with zero attached hydrogens (tertiary/aromatic N) is 1. The molecule has 7 heteroatoms. The lowest BCUT2D eigenvalue weighted by Gasteiger charge is -2.38. The molecule has 2 heterocycles. The number of anilines is 1. The Morgan fingerprint density at radius 1 is 1.19 bits per heavy atom. The highest BCUT2D eigenvalue weighted by Crippen LogP contribution is 2.33. The standard InChI is InChI=1S/C14H14F2N2O3/c15-10-3-7(18-5-8(19)6-18)4-11(16)13(10)9-1-2-12(20)17-14(9)21/h3-4,8-9,19H,1-2,5-6H2,(H,17,20,21)/t9-/m0/s1. The molecule has 1 atom stereocenters. The average Bonchev–Trinajstić information content (AvgIpc) is 2.36. The number of hydrogen-bond donors (Lipinski definition) is 2. The molecule has 112 valence electrons. The molecule has 2 aliphatic rings. The van der Waals surface area contributed by atoms with Gasteiger partial charge in [0, 0.05) is 30.8 Å². The van der Waals surface area contributed by atoms with Gasteiger partial charge in [-0.15, -0.1) is 0 Å². The van der Waals surface area contributed by atoms with Crippen LogP contribution in [-0.2, 0) is 9.59 Å². The van der Waals surface area contributed by atoms with E-state index in [0.717, 1.165) is 12.1 Å². The Morgan fingerprint density at radius 3 is 2.33 bits per heavy atom. The second-order valence-corrected chi connectivity index (χ2v) is 5.39. The van der Waals surface area contributed by atoms with Gasteiger partial charge in [-0.25, -0.2) is 8.78 Å². The molecule has 2 amide bonds. The second kappa shape index (κ2) is 5.07. The quantitative estimate of drug-likeness (QED) is 0.787. The maximum atomic E-state index is 14.2. The van der Waals surface area contributed by atoms with Crippen molar-refractivity contribution in [3.63, 3.8) is 0 Å². The van der Waals surface area contributed by atoms with Gasteiger partial charge >= 0.3 is 0 Å². The molecule has 2 aliphatic heterocycles. The summed E-state index contributed by atoms with van der Waals surface area (Å²) in [6, 6.07) is 2.32. The maximum absolute atomic E-state index is 14.2. The fraction of sp³-hybridized carbons (Fsp3) is 0.429. The summed E-state index contributed by atoms with van der Waals surface area (Å²) in [7, 11) is 0. The van der Waals surface area contributed by atoms with E-state index in [9.17, 15) is 23.5 Å². The van der Waals surface area contributed by atoms with Crippen LogP contribution < -0.4 is 10.2 Å². The number of carbonyl (C=O) groups excluding carboxylic acids is 2. The van der Waals surface area contributed by atoms with E-state index >= 15 is 0 Å². The number of piperidine rings is 1. The van der Waals surface area contributed by atoms with Gasteiger partial charge in [0.05, 0.1) is 12.0 Å². The third-order valence-corrected chi connectivity index (χ3v) is 3.88. The molecule has 3 rings (SSSR count). The van der Waals surface area contributed by atoms with Gasteiger partial charge < -0.3 is 10.0 Å². The van der Waals surface area contributed by atoms with Crippen molar-refractivity contribution in [2.45, 2.75) is 24.9 Å². The van der Waals surface area contributed by atoms with Crippen LogP contribution in [0.1, 0.15) is 24.3 Å². The molecule has 1 aromatic rings. The van der Waals surface area contributed by atoms with Gasteiger partial charge in [-0.05, 0) is 18.6 Å². The van der Waals surface area contributed by atoms with Crippen molar-refractivity contribution in [2.75, 3.05) is 18.0 Å². The largest absolute Gasteiger partial charge is 0.389 e. The molecular formula is C14H14F2N2O3. The van der Waals surface area contributed by atoms with Crippen LogP contribution in [0.5, 0.6) is 0 Å². The van der Waals surface area contributed by atoms with E-state index in [-0.39, 0.29) is 18.4 Å². The molecule has 0 aliphatic carbocycles. The van der Waals surface area contributed by atoms with Crippen molar-refractivity contribution < 1.29 is 23.5 Å². The lowest BCUT2D eigenvalue weighted by Crippen LogP contribution is -2.51. The highest BCUT2D eigenvalue weighted by molar-refractivity contribution is 6.01. The van der Waals surface area contributed by atoms with Crippen LogP contribution in [0, 0.1) is 11.6 Å². The number of aliphatic hydroxyl groups is 1. The van der Waals surface area contributed by atoms with Crippen molar-refractivity contribution in [1.29, 1.82) is 0 Å². The van der Waals surface area contributed by atoms with E-state index in [1.807, 2.05) is 0 Å². The van der Waals surface area contributed by atoms with Crippen LogP contribution in [0.3, 0.4) is 0 Å². The van der Waals surface area contributed by atoms with E-state index in [1.165, 1.54) is 0 Å². The van der Waals surface area contributed by atoms with Crippen LogP contribution in [0.2, 0.25) is 0 Å². The molecule has 0 aromatic heterocycles. The molecule has 21 heavy (non-hydrogen) atoms. The van der Waals surface area contributed by atoms with E-state index in [1.54, 1.807) is 4.90 Å². The van der Waals surface area contributed by atoms with Gasteiger partial charge in [0.15, 0.2) is 0 Å². The predicted molar refractivity (Wildman–Crippen MR) is 69.7 cm³/mol. The number of hydrogen-bond acceptors (Lipinski definition) is 4. The fourth-order valence-electron chi connectivity index (χ4n) is 2.72. The monoisotopic (exact) mass is 296 g/mol. The molecule has 5 nitrogen and oxygen atoms in total. The summed E-state index contributed by atoms with van der Waals surface area (Å²) in [5, 5.41) is 11.3. The normalized spacial score (nSPS) is 23.0. The summed E-state index contributed by atoms with van der Waals surface area (Å²) in [5.41, 5.74) is 0.0381. The minimum absolute atomic E-state index is 0.0648. The Bertz CT molecular complexity index is 591. The Balaban J connectivity index is 1.89. The number of nitrogens with one attached hydrogen (secondary N) is 1. The van der Waals surface area contributed by atoms with Crippen LogP contribution in [-0.4, -0.2) is 36.1 Å². The number of aliphatic hydroxyl groups excluding tert-OH is 1. The van der Waals surface area contributed by atoms with Crippen LogP contribution in [0.25, 0.3) is 0 Å². The Labute approximate surface area is 119 Å². The molecule has 1 aromatic carbocycles. The Morgan fingerprint density at radius 2 is 1.81 bits per heavy atom. The number of amides is 2. The summed E-state index contributed by atoms with van der Waals surface area (Å²) < 4.78 is 28.4. The number of halogens is 2. The van der Waals surface area contributed by atoms with Gasteiger partial charge in [-0.3, -0.25) is 14.9 Å². The molecule has 2 N–H and O–H groups in total. The van der Waals surface area contributed by atoms with Crippen molar-refractivity contribution in [3.05, 3.63) is 29.3 Å². The summed E-state index contributed by atoms with van der Waals surface area (Å²) in [6.45, 7) is 0.660. The van der Waals surface area contributed by atoms with Crippen molar-refractivity contribution >= 4 is 17.5 Å². The Kier molecular flexibility index (Phi) is 3.36. The van der Waals surface area contributed by atoms with E-state index in [4.69, 9.17) is 0 Å². The number of rotatable bonds is 2. The van der Waals surface area contributed by atoms with Gasteiger partial charge in [0.1, 0.15) is 11.6 Å². The molecule has 0 saturated carbocycles. The number of β-amino-alcohol motifs (C(OH)–C–C–N with tert-alkyl or cyclic N) is 1. The van der Waals surface area contributed by atoms with Crippen LogP contribution in [0.15, 0.2) is 12.1 Å². The first-order valence-corrected chi connectivity index (χ1v) is 6.71. The van der Waals surface area contributed by atoms with E-state index < -0.39 is 35.5 Å². The van der Waals surface area contributed by atoms with Gasteiger partial charge in [0.2, 0.25) is 11.8 Å². The highest BCUT2D eigenvalue weighted by Gasteiger charge is 2.33. The van der Waals surface area contributed by atoms with Crippen molar-refractivity contribution in [3.8, 4) is 0 Å². The van der Waals surface area contributed by atoms with Gasteiger partial charge in [-0.1, -0.05) is 0 Å². The van der Waals surface area contributed by atoms with Gasteiger partial charge in [-0.2, -0.15) is 0 Å². The number of benzene rings is 1. The summed E-state index contributed by atoms with van der Waals surface area (Å²) >= 11 is 0. The summed E-state index contributed by atoms with van der Waals surface area (Å²) in [6.07, 6.45) is -0.318. The highest BCUT2D eigenvalue weighted by atomic mass is 19.1. The lowest BCUT2D eigenvalue weighted by atomic mass is 9.89. The average molecular weight is 296 g/mol. The zero-order chi connectivity index (χ0) is 15.1. The predicted octanol–water partition coefficient (Wildman–Crippen LogP) is 0.666. The maximum Gasteiger partial charge on any atom is 0.234 e. The van der Waals surface area contributed by atoms with E-state index in [0.29, 0.717) is 18.8 Å². The minimum atomic E-state index is -0.987. The number of carbonyl (C=O) groups is 2. The molecule has 2 fully saturated rings. The first-order valence-electron chi connectivity index (χ1n) is 6.71. The molecule has 0 unspecified atom stereocenters. The molecule has 0 spiro atoms. The Hall–Kier alpha value is -2.02. The van der Waals surface area contributed by atoms with Crippen LogP contribution >= 0.6 is 0 Å². The molecule has 0 bridgehead atoms. The zero-order valence-electron chi connectivity index (χ0n) is 11.1. The van der Waals surface area contributed by atoms with Crippen LogP contribution in [0.4, 0.5) is 14.5 Å². The van der Waals surface area contributed by atoms with E-state index in [2.05, 4.69) is 5.32 Å². The second-order valence-electron chi connectivity index (χ2n) is 5.39. The van der Waals surface area contributed by atoms with Crippen molar-refractivity contribution in [2.24, 2.45) is 0 Å². The molecule has 2 saturated heterocycles. The molecular weight excluding hydrogens is 282 g/mol. The summed E-state index contributed by atoms with van der Waals surface area (Å²) in [5.74, 6) is -3.69. The fourth-order valence-corrected chi connectivity index (χ4v) is 2.72. The smallest absolute Gasteiger partial charge is 0.234 e. The number of imide groups is 1. The lowest BCUT2D eigenvalue weighted by molar-refractivity contribution is -0.134. The van der Waals surface area contributed by atoms with Crippen molar-refractivity contribution in [1.82, 2.24) is 5.32 Å². The zero-order valence-corrected chi connectivity index (χ0v) is 11.1. The first-order chi connectivity index (χ1) is 9.95. The third kappa shape index (κ3) is 2.49. The topological polar surface area (TPSA) is 69.6 Å². The van der Waals surface area contributed by atoms with Gasteiger partial charge in [0.25, 0.3) is 0 Å². The summed E-state index contributed by atoms with van der Waals surface area (Å²) in [4.78, 5) is 24.5. The third-order valence-electron chi connectivity index (χ3n) is 3.88. The first kappa shape index (κ1) is 13.9.